The fourth-order valence-electron chi connectivity index (χ4n) is 5.93. The summed E-state index contributed by atoms with van der Waals surface area (Å²) in [5, 5.41) is 2.46. The summed E-state index contributed by atoms with van der Waals surface area (Å²) in [6.07, 6.45) is 0. The van der Waals surface area contributed by atoms with Gasteiger partial charge in [0.1, 0.15) is 0 Å². The van der Waals surface area contributed by atoms with Gasteiger partial charge in [-0.05, 0) is 120 Å². The number of fused-ring (bicyclic) bond motifs is 1. The molecule has 45 heavy (non-hydrogen) atoms. The third-order valence-corrected chi connectivity index (χ3v) is 8.27. The van der Waals surface area contributed by atoms with Crippen molar-refractivity contribution < 1.29 is 0 Å². The van der Waals surface area contributed by atoms with E-state index in [0.29, 0.717) is 0 Å². The van der Waals surface area contributed by atoms with Crippen LogP contribution in [0.2, 0.25) is 0 Å². The SMILES string of the molecule is Cc1cccc(N(c2ccccc2)c2ccc(N(C)c3ccc(N(c4ccccc4)c4ccc5ccccc5c4)cc3)cc2)c1. The first-order valence-corrected chi connectivity index (χ1v) is 15.3. The molecular weight excluding hydrogens is 546 g/mol. The first-order chi connectivity index (χ1) is 22.1. The summed E-state index contributed by atoms with van der Waals surface area (Å²) in [5.41, 5.74) is 10.2. The van der Waals surface area contributed by atoms with Crippen molar-refractivity contribution in [2.24, 2.45) is 0 Å². The molecule has 0 fully saturated rings. The van der Waals surface area contributed by atoms with Crippen LogP contribution in [0.3, 0.4) is 0 Å². The van der Waals surface area contributed by atoms with Gasteiger partial charge in [0, 0.05) is 52.5 Å². The number of para-hydroxylation sites is 2. The molecule has 0 aliphatic heterocycles. The van der Waals surface area contributed by atoms with E-state index in [-0.39, 0.29) is 0 Å². The Kier molecular flexibility index (Phi) is 7.74. The second-order valence-corrected chi connectivity index (χ2v) is 11.3. The molecule has 3 nitrogen and oxygen atoms in total. The Hall–Kier alpha value is -5.80. The quantitative estimate of drug-likeness (QED) is 0.177. The van der Waals surface area contributed by atoms with Gasteiger partial charge in [-0.25, -0.2) is 0 Å². The number of nitrogens with zero attached hydrogens (tertiary/aromatic N) is 3. The number of hydrogen-bond donors (Lipinski definition) is 0. The van der Waals surface area contributed by atoms with Gasteiger partial charge in [-0.1, -0.05) is 78.9 Å². The van der Waals surface area contributed by atoms with E-state index in [0.717, 1.165) is 45.5 Å². The van der Waals surface area contributed by atoms with E-state index in [4.69, 9.17) is 0 Å². The van der Waals surface area contributed by atoms with Crippen molar-refractivity contribution >= 4 is 56.3 Å². The number of anilines is 8. The van der Waals surface area contributed by atoms with Gasteiger partial charge in [-0.3, -0.25) is 0 Å². The third kappa shape index (κ3) is 5.89. The fourth-order valence-corrected chi connectivity index (χ4v) is 5.93. The molecule has 0 heterocycles. The van der Waals surface area contributed by atoms with E-state index in [1.165, 1.54) is 16.3 Å². The minimum Gasteiger partial charge on any atom is -0.345 e. The second-order valence-electron chi connectivity index (χ2n) is 11.3. The Balaban J connectivity index is 1.18. The fraction of sp³-hybridized carbons (Fsp3) is 0.0476. The van der Waals surface area contributed by atoms with Crippen molar-refractivity contribution in [2.45, 2.75) is 6.92 Å². The van der Waals surface area contributed by atoms with Gasteiger partial charge in [-0.15, -0.1) is 0 Å². The number of hydrogen-bond acceptors (Lipinski definition) is 3. The Morgan fingerprint density at radius 1 is 0.311 bits per heavy atom. The minimum atomic E-state index is 1.11. The van der Waals surface area contributed by atoms with Crippen molar-refractivity contribution in [3.8, 4) is 0 Å². The monoisotopic (exact) mass is 581 g/mol. The predicted octanol–water partition coefficient (Wildman–Crippen LogP) is 11.9. The molecule has 7 aromatic rings. The van der Waals surface area contributed by atoms with Crippen LogP contribution in [0.15, 0.2) is 176 Å². The van der Waals surface area contributed by atoms with E-state index < -0.39 is 0 Å². The van der Waals surface area contributed by atoms with E-state index in [1.807, 2.05) is 0 Å². The highest BCUT2D eigenvalue weighted by Crippen LogP contribution is 2.39. The second kappa shape index (κ2) is 12.4. The van der Waals surface area contributed by atoms with Gasteiger partial charge in [0.15, 0.2) is 0 Å². The molecule has 0 amide bonds. The molecule has 7 rings (SSSR count). The summed E-state index contributed by atoms with van der Waals surface area (Å²) >= 11 is 0. The average Bonchev–Trinajstić information content (AvgIpc) is 3.10. The largest absolute Gasteiger partial charge is 0.345 e. The molecule has 0 radical (unpaired) electrons. The molecule has 0 unspecified atom stereocenters. The van der Waals surface area contributed by atoms with Crippen LogP contribution in [0.4, 0.5) is 45.5 Å². The van der Waals surface area contributed by atoms with Crippen LogP contribution in [-0.4, -0.2) is 7.05 Å². The molecule has 0 aliphatic rings. The number of aryl methyl sites for hydroxylation is 1. The molecule has 7 aromatic carbocycles. The van der Waals surface area contributed by atoms with Crippen molar-refractivity contribution in [1.29, 1.82) is 0 Å². The topological polar surface area (TPSA) is 9.72 Å². The highest BCUT2D eigenvalue weighted by Gasteiger charge is 2.15. The van der Waals surface area contributed by atoms with E-state index in [2.05, 4.69) is 205 Å². The van der Waals surface area contributed by atoms with E-state index in [9.17, 15) is 0 Å². The molecule has 218 valence electrons. The molecule has 0 atom stereocenters. The van der Waals surface area contributed by atoms with Crippen molar-refractivity contribution in [3.05, 3.63) is 181 Å². The van der Waals surface area contributed by atoms with Crippen LogP contribution >= 0.6 is 0 Å². The first kappa shape index (κ1) is 28.0. The molecule has 3 heteroatoms. The maximum Gasteiger partial charge on any atom is 0.0468 e. The highest BCUT2D eigenvalue weighted by atomic mass is 15.2. The average molecular weight is 582 g/mol. The standard InChI is InChI=1S/C42H35N3/c1-32-12-11-19-41(30-32)44(37-15-5-3-6-16-37)39-26-22-35(23-27-39)43(2)36-24-28-40(29-25-36)45(38-17-7-4-8-18-38)42-21-20-33-13-9-10-14-34(33)31-42/h3-31H,1-2H3. The van der Waals surface area contributed by atoms with Gasteiger partial charge in [0.25, 0.3) is 0 Å². The van der Waals surface area contributed by atoms with Crippen LogP contribution in [-0.2, 0) is 0 Å². The van der Waals surface area contributed by atoms with E-state index in [1.54, 1.807) is 0 Å². The molecule has 0 aliphatic carbocycles. The summed E-state index contributed by atoms with van der Waals surface area (Å²) in [6, 6.07) is 62.5. The lowest BCUT2D eigenvalue weighted by atomic mass is 10.1. The zero-order valence-electron chi connectivity index (χ0n) is 25.6. The Morgan fingerprint density at radius 2 is 0.711 bits per heavy atom. The number of rotatable bonds is 8. The molecule has 0 N–H and O–H groups in total. The summed E-state index contributed by atoms with van der Waals surface area (Å²) in [6.45, 7) is 2.14. The van der Waals surface area contributed by atoms with Crippen LogP contribution in [0.25, 0.3) is 10.8 Å². The molecule has 0 spiro atoms. The van der Waals surface area contributed by atoms with Gasteiger partial charge >= 0.3 is 0 Å². The Labute approximate surface area is 265 Å². The Bertz CT molecular complexity index is 2020. The molecule has 0 aromatic heterocycles. The maximum absolute atomic E-state index is 2.31. The molecule has 0 bridgehead atoms. The smallest absolute Gasteiger partial charge is 0.0468 e. The Morgan fingerprint density at radius 3 is 1.24 bits per heavy atom. The molecule has 0 saturated heterocycles. The maximum atomic E-state index is 2.31. The molecular formula is C42H35N3. The highest BCUT2D eigenvalue weighted by molar-refractivity contribution is 5.89. The lowest BCUT2D eigenvalue weighted by Crippen LogP contribution is -2.13. The lowest BCUT2D eigenvalue weighted by Gasteiger charge is -2.28. The van der Waals surface area contributed by atoms with Gasteiger partial charge < -0.3 is 14.7 Å². The minimum absolute atomic E-state index is 1.11. The van der Waals surface area contributed by atoms with Gasteiger partial charge in [0.05, 0.1) is 0 Å². The predicted molar refractivity (Wildman–Crippen MR) is 193 cm³/mol. The zero-order chi connectivity index (χ0) is 30.6. The van der Waals surface area contributed by atoms with Gasteiger partial charge in [-0.2, -0.15) is 0 Å². The van der Waals surface area contributed by atoms with Crippen molar-refractivity contribution in [1.82, 2.24) is 0 Å². The summed E-state index contributed by atoms with van der Waals surface area (Å²) in [4.78, 5) is 6.85. The lowest BCUT2D eigenvalue weighted by molar-refractivity contribution is 1.20. The number of benzene rings is 7. The molecule has 0 saturated carbocycles. The van der Waals surface area contributed by atoms with Gasteiger partial charge in [0.2, 0.25) is 0 Å². The van der Waals surface area contributed by atoms with Crippen molar-refractivity contribution in [2.75, 3.05) is 21.7 Å². The summed E-state index contributed by atoms with van der Waals surface area (Å²) in [7, 11) is 2.12. The van der Waals surface area contributed by atoms with Crippen LogP contribution in [0.1, 0.15) is 5.56 Å². The van der Waals surface area contributed by atoms with Crippen LogP contribution in [0.5, 0.6) is 0 Å². The van der Waals surface area contributed by atoms with E-state index >= 15 is 0 Å². The van der Waals surface area contributed by atoms with Crippen LogP contribution < -0.4 is 14.7 Å². The normalized spacial score (nSPS) is 10.9. The third-order valence-electron chi connectivity index (χ3n) is 8.27. The first-order valence-electron chi connectivity index (χ1n) is 15.3. The zero-order valence-corrected chi connectivity index (χ0v) is 25.6. The van der Waals surface area contributed by atoms with Crippen LogP contribution in [0, 0.1) is 6.92 Å². The summed E-state index contributed by atoms with van der Waals surface area (Å²) in [5.74, 6) is 0. The summed E-state index contributed by atoms with van der Waals surface area (Å²) < 4.78 is 0. The van der Waals surface area contributed by atoms with Crippen molar-refractivity contribution in [3.63, 3.8) is 0 Å².